The molecule has 1 atom stereocenters. The molecule has 2 aromatic rings. The normalized spacial score (nSPS) is 14.1. The molecule has 0 saturated carbocycles. The van der Waals surface area contributed by atoms with Crippen LogP contribution in [0.25, 0.3) is 6.08 Å². The van der Waals surface area contributed by atoms with Gasteiger partial charge in [-0.15, -0.1) is 11.3 Å². The third-order valence-corrected chi connectivity index (χ3v) is 11.0. The Morgan fingerprint density at radius 3 is 2.40 bits per heavy atom. The molecule has 30 heavy (non-hydrogen) atoms. The van der Waals surface area contributed by atoms with Crippen molar-refractivity contribution in [3.05, 3.63) is 51.5 Å². The van der Waals surface area contributed by atoms with E-state index in [9.17, 15) is 0 Å². The van der Waals surface area contributed by atoms with E-state index in [4.69, 9.17) is 13.9 Å². The third-order valence-electron chi connectivity index (χ3n) is 5.72. The monoisotopic (exact) mass is 447 g/mol. The summed E-state index contributed by atoms with van der Waals surface area (Å²) in [6, 6.07) is 8.01. The van der Waals surface area contributed by atoms with Gasteiger partial charge in [0.05, 0.1) is 30.5 Å². The second kappa shape index (κ2) is 10.7. The van der Waals surface area contributed by atoms with Crippen LogP contribution in [0.15, 0.2) is 35.2 Å². The van der Waals surface area contributed by atoms with Gasteiger partial charge in [-0.05, 0) is 67.7 Å². The zero-order valence-electron chi connectivity index (χ0n) is 19.7. The average molecular weight is 448 g/mol. The molecule has 4 nitrogen and oxygen atoms in total. The van der Waals surface area contributed by atoms with Crippen molar-refractivity contribution in [3.8, 4) is 5.75 Å². The second-order valence-electron chi connectivity index (χ2n) is 9.24. The van der Waals surface area contributed by atoms with Crippen LogP contribution in [0.2, 0.25) is 18.1 Å². The standard InChI is InChI=1S/C24H37NO3SSi/c1-18(15-21-17-29-19(2)25-21)23(28-30(7,8)24(3,4)5)13-14-27-16-20-9-11-22(26-6)12-10-20/h9-12,15,17,23H,13-14,16H2,1-8H3/b18-15+/t23-/m0/s1. The van der Waals surface area contributed by atoms with Crippen molar-refractivity contribution in [3.63, 3.8) is 0 Å². The maximum absolute atomic E-state index is 6.78. The summed E-state index contributed by atoms with van der Waals surface area (Å²) in [5, 5.41) is 3.34. The SMILES string of the molecule is COc1ccc(COCC[C@H](O[Si](C)(C)C(C)(C)C)/C(C)=C/c2csc(C)n2)cc1. The summed E-state index contributed by atoms with van der Waals surface area (Å²) in [4.78, 5) is 4.58. The topological polar surface area (TPSA) is 40.6 Å². The number of aromatic nitrogens is 1. The summed E-state index contributed by atoms with van der Waals surface area (Å²) in [6.07, 6.45) is 3.02. The van der Waals surface area contributed by atoms with E-state index in [1.165, 1.54) is 5.57 Å². The fraction of sp³-hybridized carbons (Fsp3) is 0.542. The Labute approximate surface area is 187 Å². The van der Waals surface area contributed by atoms with Crippen LogP contribution in [-0.2, 0) is 15.8 Å². The number of rotatable bonds is 10. The summed E-state index contributed by atoms with van der Waals surface area (Å²) < 4.78 is 18.0. The minimum Gasteiger partial charge on any atom is -0.497 e. The zero-order valence-corrected chi connectivity index (χ0v) is 21.6. The molecule has 0 aliphatic rings. The Morgan fingerprint density at radius 2 is 1.87 bits per heavy atom. The average Bonchev–Trinajstić information content (AvgIpc) is 3.08. The first-order valence-electron chi connectivity index (χ1n) is 10.5. The maximum Gasteiger partial charge on any atom is 0.192 e. The number of hydrogen-bond donors (Lipinski definition) is 0. The number of benzene rings is 1. The Balaban J connectivity index is 2.03. The lowest BCUT2D eigenvalue weighted by Gasteiger charge is -2.39. The first-order chi connectivity index (χ1) is 14.0. The molecule has 1 aromatic heterocycles. The van der Waals surface area contributed by atoms with E-state index in [0.29, 0.717) is 13.2 Å². The van der Waals surface area contributed by atoms with E-state index in [1.807, 2.05) is 31.2 Å². The molecule has 6 heteroatoms. The second-order valence-corrected chi connectivity index (χ2v) is 15.1. The molecule has 0 saturated heterocycles. The first kappa shape index (κ1) is 24.8. The Hall–Kier alpha value is -1.47. The lowest BCUT2D eigenvalue weighted by Crippen LogP contribution is -2.44. The maximum atomic E-state index is 6.78. The van der Waals surface area contributed by atoms with Crippen molar-refractivity contribution in [2.45, 2.75) is 71.9 Å². The van der Waals surface area contributed by atoms with E-state index in [2.05, 4.69) is 57.2 Å². The van der Waals surface area contributed by atoms with Crippen molar-refractivity contribution in [2.75, 3.05) is 13.7 Å². The van der Waals surface area contributed by atoms with Crippen LogP contribution < -0.4 is 4.74 Å². The van der Waals surface area contributed by atoms with Gasteiger partial charge in [0.15, 0.2) is 8.32 Å². The molecule has 0 aliphatic heterocycles. The quantitative estimate of drug-likeness (QED) is 0.295. The van der Waals surface area contributed by atoms with Crippen molar-refractivity contribution < 1.29 is 13.9 Å². The Kier molecular flexibility index (Phi) is 8.85. The number of hydrogen-bond acceptors (Lipinski definition) is 5. The number of thiazole rings is 1. The van der Waals surface area contributed by atoms with Crippen molar-refractivity contribution in [1.82, 2.24) is 4.98 Å². The summed E-state index contributed by atoms with van der Waals surface area (Å²) in [6.45, 7) is 16.9. The van der Waals surface area contributed by atoms with Gasteiger partial charge in [0, 0.05) is 12.0 Å². The third kappa shape index (κ3) is 7.34. The lowest BCUT2D eigenvalue weighted by atomic mass is 10.1. The number of aryl methyl sites for hydroxylation is 1. The molecule has 0 N–H and O–H groups in total. The molecular weight excluding hydrogens is 410 g/mol. The van der Waals surface area contributed by atoms with Gasteiger partial charge in [-0.1, -0.05) is 32.9 Å². The van der Waals surface area contributed by atoms with Gasteiger partial charge in [0.1, 0.15) is 5.75 Å². The molecule has 0 radical (unpaired) electrons. The Morgan fingerprint density at radius 1 is 1.20 bits per heavy atom. The zero-order chi connectivity index (χ0) is 22.4. The lowest BCUT2D eigenvalue weighted by molar-refractivity contribution is 0.0881. The van der Waals surface area contributed by atoms with Crippen molar-refractivity contribution >= 4 is 25.7 Å². The van der Waals surface area contributed by atoms with Gasteiger partial charge in [0.2, 0.25) is 0 Å². The number of methoxy groups -OCH3 is 1. The molecule has 0 unspecified atom stereocenters. The first-order valence-corrected chi connectivity index (χ1v) is 14.3. The number of nitrogens with zero attached hydrogens (tertiary/aromatic N) is 1. The summed E-state index contributed by atoms with van der Waals surface area (Å²) in [5.74, 6) is 0.861. The van der Waals surface area contributed by atoms with E-state index < -0.39 is 8.32 Å². The molecule has 0 fully saturated rings. The van der Waals surface area contributed by atoms with Gasteiger partial charge in [-0.25, -0.2) is 4.98 Å². The van der Waals surface area contributed by atoms with Crippen molar-refractivity contribution in [1.29, 1.82) is 0 Å². The molecule has 2 rings (SSSR count). The van der Waals surface area contributed by atoms with Crippen LogP contribution in [-0.4, -0.2) is 33.1 Å². The molecular formula is C24H37NO3SSi. The van der Waals surface area contributed by atoms with Crippen LogP contribution in [0, 0.1) is 6.92 Å². The van der Waals surface area contributed by atoms with Gasteiger partial charge in [-0.2, -0.15) is 0 Å². The highest BCUT2D eigenvalue weighted by atomic mass is 32.1. The van der Waals surface area contributed by atoms with Crippen LogP contribution in [0.5, 0.6) is 5.75 Å². The number of ether oxygens (including phenoxy) is 2. The molecule has 0 bridgehead atoms. The molecule has 0 amide bonds. The van der Waals surface area contributed by atoms with Gasteiger partial charge >= 0.3 is 0 Å². The van der Waals surface area contributed by atoms with Crippen molar-refractivity contribution in [2.24, 2.45) is 0 Å². The van der Waals surface area contributed by atoms with E-state index >= 15 is 0 Å². The predicted molar refractivity (Wildman–Crippen MR) is 130 cm³/mol. The summed E-state index contributed by atoms with van der Waals surface area (Å²) in [7, 11) is -0.228. The van der Waals surface area contributed by atoms with E-state index in [0.717, 1.165) is 28.4 Å². The predicted octanol–water partition coefficient (Wildman–Crippen LogP) is 6.86. The molecule has 0 aliphatic carbocycles. The summed E-state index contributed by atoms with van der Waals surface area (Å²) >= 11 is 1.68. The molecule has 1 heterocycles. The van der Waals surface area contributed by atoms with Gasteiger partial charge in [0.25, 0.3) is 0 Å². The minimum atomic E-state index is -1.91. The van der Waals surface area contributed by atoms with Crippen LogP contribution in [0.1, 0.15) is 50.4 Å². The highest BCUT2D eigenvalue weighted by Gasteiger charge is 2.39. The molecule has 1 aromatic carbocycles. The molecule has 166 valence electrons. The largest absolute Gasteiger partial charge is 0.497 e. The highest BCUT2D eigenvalue weighted by Crippen LogP contribution is 2.38. The van der Waals surface area contributed by atoms with E-state index in [1.54, 1.807) is 18.4 Å². The van der Waals surface area contributed by atoms with E-state index in [-0.39, 0.29) is 11.1 Å². The fourth-order valence-electron chi connectivity index (χ4n) is 2.79. The Bertz CT molecular complexity index is 822. The highest BCUT2D eigenvalue weighted by molar-refractivity contribution is 7.09. The van der Waals surface area contributed by atoms with Crippen LogP contribution in [0.3, 0.4) is 0 Å². The minimum absolute atomic E-state index is 0.0313. The fourth-order valence-corrected chi connectivity index (χ4v) is 4.73. The van der Waals surface area contributed by atoms with Gasteiger partial charge < -0.3 is 13.9 Å². The molecule has 0 spiro atoms. The van der Waals surface area contributed by atoms with Gasteiger partial charge in [-0.3, -0.25) is 0 Å². The van der Waals surface area contributed by atoms with Crippen LogP contribution in [0.4, 0.5) is 0 Å². The smallest absolute Gasteiger partial charge is 0.192 e. The summed E-state index contributed by atoms with van der Waals surface area (Å²) in [5.41, 5.74) is 3.36. The van der Waals surface area contributed by atoms with Crippen LogP contribution >= 0.6 is 11.3 Å².